The van der Waals surface area contributed by atoms with Crippen molar-refractivity contribution >= 4 is 40.1 Å². The van der Waals surface area contributed by atoms with Crippen molar-refractivity contribution in [2.24, 2.45) is 0 Å². The summed E-state index contributed by atoms with van der Waals surface area (Å²) in [7, 11) is -20.7. The van der Waals surface area contributed by atoms with Gasteiger partial charge in [-0.05, 0) is 87.4 Å². The van der Waals surface area contributed by atoms with Crippen LogP contribution in [0.4, 0.5) is 0 Å². The van der Waals surface area contributed by atoms with Gasteiger partial charge >= 0.3 is 0 Å². The number of rotatable bonds is 13. The molecule has 56 heavy (non-hydrogen) atoms. The van der Waals surface area contributed by atoms with Gasteiger partial charge < -0.3 is 0 Å². The number of nitrogens with zero attached hydrogens (tertiary/aromatic N) is 2. The van der Waals surface area contributed by atoms with E-state index in [-0.39, 0.29) is 18.5 Å². The minimum Gasteiger partial charge on any atom is -0.206 e. The Morgan fingerprint density at radius 1 is 0.304 bits per heavy atom. The van der Waals surface area contributed by atoms with Crippen LogP contribution < -0.4 is 0 Å². The van der Waals surface area contributed by atoms with E-state index in [2.05, 4.69) is 0 Å². The quantitative estimate of drug-likeness (QED) is 0.115. The summed E-state index contributed by atoms with van der Waals surface area (Å²) in [5.41, 5.74) is 2.76. The lowest BCUT2D eigenvalue weighted by Crippen LogP contribution is -2.49. The van der Waals surface area contributed by atoms with E-state index in [9.17, 15) is 0 Å². The Morgan fingerprint density at radius 2 is 0.500 bits per heavy atom. The van der Waals surface area contributed by atoms with Crippen molar-refractivity contribution in [3.8, 4) is 0 Å². The number of hydrogen-bond donors (Lipinski definition) is 0. The molecule has 14 heteroatoms. The first-order valence-electron chi connectivity index (χ1n) is 17.4. The fraction of sp³-hybridized carbons (Fsp3) is 0.143. The summed E-state index contributed by atoms with van der Waals surface area (Å²) in [6.07, 6.45) is 0. The van der Waals surface area contributed by atoms with Crippen LogP contribution in [0, 0.1) is 27.7 Å². The molecule has 0 saturated carbocycles. The zero-order valence-corrected chi connectivity index (χ0v) is 34.2. The first-order chi connectivity index (χ1) is 26.5. The van der Waals surface area contributed by atoms with E-state index in [0.717, 1.165) is 0 Å². The Bertz CT molecular complexity index is 2420. The van der Waals surface area contributed by atoms with Gasteiger partial charge in [-0.2, -0.15) is 0 Å². The van der Waals surface area contributed by atoms with Gasteiger partial charge in [0.1, 0.15) is 0 Å². The summed E-state index contributed by atoms with van der Waals surface area (Å²) in [4.78, 5) is -1.66. The smallest absolute Gasteiger partial charge is 0.206 e. The molecule has 0 fully saturated rings. The molecule has 0 saturated heterocycles. The number of benzene rings is 6. The average Bonchev–Trinajstić information content (AvgIpc) is 3.17. The Kier molecular flexibility index (Phi) is 11.5. The molecule has 290 valence electrons. The minimum absolute atomic E-state index is 0.00376. The van der Waals surface area contributed by atoms with Crippen LogP contribution in [0.25, 0.3) is 0 Å². The first-order valence-corrected chi connectivity index (χ1v) is 23.2. The van der Waals surface area contributed by atoms with E-state index in [1.807, 2.05) is 0 Å². The van der Waals surface area contributed by atoms with E-state index < -0.39 is 71.8 Å². The largest absolute Gasteiger partial charge is 0.257 e. The molecular formula is C42H40N2O8S4. The van der Waals surface area contributed by atoms with Gasteiger partial charge in [-0.1, -0.05) is 139 Å². The fourth-order valence-corrected chi connectivity index (χ4v) is 14.2. The van der Waals surface area contributed by atoms with Gasteiger partial charge in [-0.3, -0.25) is 0 Å². The normalized spacial score (nSPS) is 13.8. The van der Waals surface area contributed by atoms with E-state index in [1.165, 1.54) is 146 Å². The van der Waals surface area contributed by atoms with Crippen molar-refractivity contribution < 1.29 is 33.7 Å². The molecule has 2 unspecified atom stereocenters. The highest BCUT2D eigenvalue weighted by Crippen LogP contribution is 2.48. The lowest BCUT2D eigenvalue weighted by atomic mass is 9.95. The zero-order valence-electron chi connectivity index (χ0n) is 31.0. The van der Waals surface area contributed by atoms with Crippen LogP contribution in [0.1, 0.15) is 45.5 Å². The Hall–Kier alpha value is -4.96. The fourth-order valence-electron chi connectivity index (χ4n) is 6.25. The highest BCUT2D eigenvalue weighted by atomic mass is 32.3. The van der Waals surface area contributed by atoms with Crippen LogP contribution in [-0.4, -0.2) is 41.1 Å². The van der Waals surface area contributed by atoms with E-state index in [0.29, 0.717) is 22.3 Å². The summed E-state index contributed by atoms with van der Waals surface area (Å²) < 4.78 is 123. The Balaban J connectivity index is 1.80. The summed E-state index contributed by atoms with van der Waals surface area (Å²) >= 11 is 0. The van der Waals surface area contributed by atoms with Crippen molar-refractivity contribution in [1.29, 1.82) is 0 Å². The van der Waals surface area contributed by atoms with Crippen LogP contribution in [0.5, 0.6) is 0 Å². The topological polar surface area (TPSA) is 143 Å². The third-order valence-electron chi connectivity index (χ3n) is 9.26. The Labute approximate surface area is 329 Å². The summed E-state index contributed by atoms with van der Waals surface area (Å²) in [5.74, 6) is 0. The van der Waals surface area contributed by atoms with Crippen LogP contribution in [-0.2, 0) is 40.1 Å². The Morgan fingerprint density at radius 3 is 0.696 bits per heavy atom. The van der Waals surface area contributed by atoms with E-state index >= 15 is 33.7 Å². The third-order valence-corrected chi connectivity index (χ3v) is 17.9. The molecule has 0 aliphatic heterocycles. The van der Waals surface area contributed by atoms with Crippen LogP contribution in [0.2, 0.25) is 0 Å². The molecule has 0 heterocycles. The number of sulfonamides is 4. The van der Waals surface area contributed by atoms with Crippen LogP contribution >= 0.6 is 0 Å². The molecule has 2 atom stereocenters. The molecule has 6 rings (SSSR count). The summed E-state index contributed by atoms with van der Waals surface area (Å²) in [6.45, 7) is 6.94. The van der Waals surface area contributed by atoms with Gasteiger partial charge in [0, 0.05) is 0 Å². The van der Waals surface area contributed by atoms with Crippen LogP contribution in [0.3, 0.4) is 0 Å². The monoisotopic (exact) mass is 828 g/mol. The van der Waals surface area contributed by atoms with Gasteiger partial charge in [-0.15, -0.1) is 0 Å². The van der Waals surface area contributed by atoms with Gasteiger partial charge in [0.25, 0.3) is 40.1 Å². The van der Waals surface area contributed by atoms with Crippen LogP contribution in [0.15, 0.2) is 177 Å². The third kappa shape index (κ3) is 7.99. The second-order valence-electron chi connectivity index (χ2n) is 13.4. The van der Waals surface area contributed by atoms with Crippen molar-refractivity contribution in [3.05, 3.63) is 191 Å². The zero-order chi connectivity index (χ0) is 40.5. The number of hydrogen-bond acceptors (Lipinski definition) is 8. The molecule has 0 aliphatic rings. The molecule has 6 aromatic rings. The molecule has 0 spiro atoms. The molecule has 6 aromatic carbocycles. The lowest BCUT2D eigenvalue weighted by Gasteiger charge is -2.40. The molecule has 0 aliphatic carbocycles. The summed E-state index contributed by atoms with van der Waals surface area (Å²) in [5, 5.41) is 0. The standard InChI is InChI=1S/C42H40N2O8S4/c1-31-15-23-37(24-16-31)53(45,46)43(54(47,48)38-25-17-32(2)18-26-38)41(35-11-7-5-8-12-35)42(36-13-9-6-10-14-36)44(55(49,50)39-27-19-33(3)20-28-39)56(51,52)40-29-21-34(4)22-30-40/h5-30,41-42H,1-4H3. The predicted molar refractivity (Wildman–Crippen MR) is 216 cm³/mol. The van der Waals surface area contributed by atoms with E-state index in [4.69, 9.17) is 0 Å². The van der Waals surface area contributed by atoms with Crippen molar-refractivity contribution in [2.75, 3.05) is 0 Å². The molecule has 0 aromatic heterocycles. The SMILES string of the molecule is Cc1ccc(S(=O)(=O)N(C(c2ccccc2)C(c2ccccc2)N(S(=O)(=O)c2ccc(C)cc2)S(=O)(=O)c2ccc(C)cc2)S(=O)(=O)c2ccc(C)cc2)cc1. The molecule has 0 bridgehead atoms. The number of aryl methyl sites for hydroxylation is 4. The maximum Gasteiger partial charge on any atom is 0.257 e. The molecule has 0 radical (unpaired) electrons. The molecule has 0 N–H and O–H groups in total. The minimum atomic E-state index is -5.17. The van der Waals surface area contributed by atoms with Gasteiger partial charge in [0.2, 0.25) is 0 Å². The lowest BCUT2D eigenvalue weighted by molar-refractivity contribution is 0.300. The van der Waals surface area contributed by atoms with Crippen molar-refractivity contribution in [2.45, 2.75) is 59.4 Å². The molecule has 10 nitrogen and oxygen atoms in total. The second-order valence-corrected chi connectivity index (χ2v) is 21.2. The molecule has 0 amide bonds. The highest BCUT2D eigenvalue weighted by molar-refractivity contribution is 8.04. The van der Waals surface area contributed by atoms with Crippen molar-refractivity contribution in [1.82, 2.24) is 7.42 Å². The van der Waals surface area contributed by atoms with Crippen molar-refractivity contribution in [3.63, 3.8) is 0 Å². The van der Waals surface area contributed by atoms with Gasteiger partial charge in [-0.25, -0.2) is 33.7 Å². The highest BCUT2D eigenvalue weighted by Gasteiger charge is 2.53. The molecular weight excluding hydrogens is 789 g/mol. The maximum atomic E-state index is 15.2. The van der Waals surface area contributed by atoms with Gasteiger partial charge in [0.05, 0.1) is 31.7 Å². The summed E-state index contributed by atoms with van der Waals surface area (Å²) in [6, 6.07) is 33.1. The first kappa shape index (κ1) is 40.7. The van der Waals surface area contributed by atoms with Gasteiger partial charge in [0.15, 0.2) is 0 Å². The average molecular weight is 829 g/mol. The maximum absolute atomic E-state index is 15.2. The second kappa shape index (κ2) is 15.9. The van der Waals surface area contributed by atoms with E-state index in [1.54, 1.807) is 39.8 Å². The predicted octanol–water partition coefficient (Wildman–Crippen LogP) is 7.86.